The highest BCUT2D eigenvalue weighted by Crippen LogP contribution is 2.62. The van der Waals surface area contributed by atoms with Crippen LogP contribution in [0.3, 0.4) is 0 Å². The molecule has 0 heterocycles. The second-order valence-electron chi connectivity index (χ2n) is 4.07. The first-order chi connectivity index (χ1) is 10.1. The summed E-state index contributed by atoms with van der Waals surface area (Å²) in [5.41, 5.74) is 0. The predicted molar refractivity (Wildman–Crippen MR) is 42.9 cm³/mol. The number of hydrogen-bond donors (Lipinski definition) is 0. The molecule has 0 aromatic heterocycles. The summed E-state index contributed by atoms with van der Waals surface area (Å²) in [5, 5.41) is 0. The molecule has 24 heavy (non-hydrogen) atoms. The van der Waals surface area contributed by atoms with Gasteiger partial charge in [0, 0.05) is 0 Å². The summed E-state index contributed by atoms with van der Waals surface area (Å²) >= 11 is 0. The maximum atomic E-state index is 12.8. The Morgan fingerprint density at radius 1 is 0.417 bits per heavy atom. The van der Waals surface area contributed by atoms with Crippen LogP contribution in [0, 0.1) is 12.3 Å². The molecular formula is C9F15. The molecule has 0 aliphatic carbocycles. The van der Waals surface area contributed by atoms with Crippen molar-refractivity contribution in [2.24, 2.45) is 0 Å². The van der Waals surface area contributed by atoms with Gasteiger partial charge in [-0.1, -0.05) is 0 Å². The number of rotatable bonds is 5. The predicted octanol–water partition coefficient (Wildman–Crippen LogP) is 4.95. The van der Waals surface area contributed by atoms with Crippen LogP contribution in [0.25, 0.3) is 0 Å². The molecule has 0 N–H and O–H groups in total. The van der Waals surface area contributed by atoms with Crippen LogP contribution in [0.2, 0.25) is 0 Å². The Morgan fingerprint density at radius 2 is 0.667 bits per heavy atom. The van der Waals surface area contributed by atoms with Crippen LogP contribution in [-0.2, 0) is 0 Å². The van der Waals surface area contributed by atoms with Crippen molar-refractivity contribution < 1.29 is 65.9 Å². The van der Waals surface area contributed by atoms with Gasteiger partial charge in [-0.2, -0.15) is 65.9 Å². The van der Waals surface area contributed by atoms with E-state index in [0.717, 1.165) is 0 Å². The summed E-state index contributed by atoms with van der Waals surface area (Å²) in [5.74, 6) is -47.8. The Hall–Kier alpha value is -1.49. The lowest BCUT2D eigenvalue weighted by atomic mass is 9.91. The van der Waals surface area contributed by atoms with E-state index in [9.17, 15) is 65.9 Å². The van der Waals surface area contributed by atoms with Crippen molar-refractivity contribution in [1.82, 2.24) is 0 Å². The summed E-state index contributed by atoms with van der Waals surface area (Å²) in [6, 6.07) is 0. The van der Waals surface area contributed by atoms with Gasteiger partial charge in [-0.25, -0.2) is 0 Å². The van der Waals surface area contributed by atoms with Crippen LogP contribution >= 0.6 is 0 Å². The lowest BCUT2D eigenvalue weighted by molar-refractivity contribution is -0.449. The summed E-state index contributed by atoms with van der Waals surface area (Å²) in [6.45, 7) is 0. The largest absolute Gasteiger partial charge is 0.460 e. The van der Waals surface area contributed by atoms with Gasteiger partial charge in [0.15, 0.2) is 0 Å². The Morgan fingerprint density at radius 3 is 0.917 bits per heavy atom. The Labute approximate surface area is 121 Å². The summed E-state index contributed by atoms with van der Waals surface area (Å²) in [7, 11) is 0. The summed E-state index contributed by atoms with van der Waals surface area (Å²) in [4.78, 5) is 0. The maximum Gasteiger partial charge on any atom is 0.460 e. The van der Waals surface area contributed by atoms with Crippen LogP contribution in [0.15, 0.2) is 0 Å². The zero-order valence-corrected chi connectivity index (χ0v) is 10.2. The van der Waals surface area contributed by atoms with Gasteiger partial charge in [0.05, 0.1) is 0 Å². The third-order valence-corrected chi connectivity index (χ3v) is 2.48. The smallest absolute Gasteiger partial charge is 0.192 e. The highest BCUT2D eigenvalue weighted by molar-refractivity contribution is 5.17. The fraction of sp³-hybridized carbons (Fsp3) is 0.778. The number of alkyl halides is 15. The van der Waals surface area contributed by atoms with Crippen LogP contribution in [0.4, 0.5) is 65.9 Å². The van der Waals surface area contributed by atoms with E-state index in [-0.39, 0.29) is 0 Å². The minimum Gasteiger partial charge on any atom is -0.192 e. The van der Waals surface area contributed by atoms with Crippen molar-refractivity contribution in [2.45, 2.75) is 41.7 Å². The topological polar surface area (TPSA) is 0 Å². The average molecular weight is 393 g/mol. The molecule has 0 amide bonds. The monoisotopic (exact) mass is 393 g/mol. The quantitative estimate of drug-likeness (QED) is 0.458. The van der Waals surface area contributed by atoms with Gasteiger partial charge < -0.3 is 0 Å². The second kappa shape index (κ2) is 5.25. The first-order valence-electron chi connectivity index (χ1n) is 4.83. The van der Waals surface area contributed by atoms with Gasteiger partial charge in [0.25, 0.3) is 0 Å². The minimum atomic E-state index is -8.32. The van der Waals surface area contributed by atoms with Crippen LogP contribution < -0.4 is 0 Å². The van der Waals surface area contributed by atoms with Crippen LogP contribution in [-0.4, -0.2) is 41.7 Å². The van der Waals surface area contributed by atoms with Crippen molar-refractivity contribution in [3.63, 3.8) is 0 Å². The molecule has 0 fully saturated rings. The van der Waals surface area contributed by atoms with Crippen molar-refractivity contribution in [3.8, 4) is 5.92 Å². The fourth-order valence-electron chi connectivity index (χ4n) is 1.05. The van der Waals surface area contributed by atoms with Gasteiger partial charge in [0.1, 0.15) is 0 Å². The molecule has 0 aromatic carbocycles. The normalized spacial score (nSPS) is 16.1. The average Bonchev–Trinajstić information content (AvgIpc) is 2.36. The molecule has 0 aliphatic heterocycles. The van der Waals surface area contributed by atoms with E-state index in [1.54, 1.807) is 0 Å². The maximum absolute atomic E-state index is 12.8. The van der Waals surface area contributed by atoms with Gasteiger partial charge >= 0.3 is 41.7 Å². The molecule has 0 saturated heterocycles. The van der Waals surface area contributed by atoms with Crippen molar-refractivity contribution in [3.05, 3.63) is 6.42 Å². The first-order valence-corrected chi connectivity index (χ1v) is 4.83. The van der Waals surface area contributed by atoms with Gasteiger partial charge in [0.2, 0.25) is 0 Å². The van der Waals surface area contributed by atoms with E-state index in [4.69, 9.17) is 6.42 Å². The molecule has 0 aromatic rings. The van der Waals surface area contributed by atoms with E-state index >= 15 is 0 Å². The van der Waals surface area contributed by atoms with E-state index in [2.05, 4.69) is 0 Å². The van der Waals surface area contributed by atoms with Gasteiger partial charge in [-0.05, 0) is 12.3 Å². The fourth-order valence-corrected chi connectivity index (χ4v) is 1.05. The van der Waals surface area contributed by atoms with E-state index < -0.39 is 47.6 Å². The third-order valence-electron chi connectivity index (χ3n) is 2.48. The molecule has 141 valence electrons. The van der Waals surface area contributed by atoms with E-state index in [0.29, 0.717) is 0 Å². The first kappa shape index (κ1) is 22.5. The van der Waals surface area contributed by atoms with Crippen LogP contribution in [0.1, 0.15) is 0 Å². The van der Waals surface area contributed by atoms with E-state index in [1.807, 2.05) is 0 Å². The Kier molecular flexibility index (Phi) is 4.93. The molecule has 1 radical (unpaired) electrons. The standard InChI is InChI=1S/C9F15/c1-2-3(10,11)4(12,13)5(14,15)6(16,17)7(18,19)8(20,21)9(22,23)24. The molecule has 0 unspecified atom stereocenters. The highest BCUT2D eigenvalue weighted by Gasteiger charge is 2.93. The molecule has 0 spiro atoms. The Balaban J connectivity index is 6.48. The molecule has 0 atom stereocenters. The lowest BCUT2D eigenvalue weighted by Gasteiger charge is -2.40. The molecule has 0 nitrogen and oxygen atoms in total. The van der Waals surface area contributed by atoms with Gasteiger partial charge in [-0.3, -0.25) is 0 Å². The molecule has 0 saturated carbocycles. The number of hydrogen-bond acceptors (Lipinski definition) is 0. The molecule has 0 bridgehead atoms. The Bertz CT molecular complexity index is 516. The van der Waals surface area contributed by atoms with Gasteiger partial charge in [-0.15, -0.1) is 0 Å². The summed E-state index contributed by atoms with van der Waals surface area (Å²) in [6.07, 6.45) is -2.07. The SMILES string of the molecule is [C]#CC(F)(F)C(F)(F)C(F)(F)C(F)(F)C(F)(F)C(F)(F)C(F)(F)F. The van der Waals surface area contributed by atoms with Crippen LogP contribution in [0.5, 0.6) is 0 Å². The number of halogens is 15. The van der Waals surface area contributed by atoms with E-state index in [1.165, 1.54) is 0 Å². The minimum absolute atomic E-state index is 0.721. The lowest BCUT2D eigenvalue weighted by Crippen LogP contribution is -2.72. The van der Waals surface area contributed by atoms with Crippen molar-refractivity contribution in [1.29, 1.82) is 0 Å². The molecule has 15 heteroatoms. The van der Waals surface area contributed by atoms with Crippen molar-refractivity contribution >= 4 is 0 Å². The molecular weight excluding hydrogens is 393 g/mol. The zero-order chi connectivity index (χ0) is 20.2. The highest BCUT2D eigenvalue weighted by atomic mass is 19.4. The molecule has 0 aliphatic rings. The zero-order valence-electron chi connectivity index (χ0n) is 10.2. The summed E-state index contributed by atoms with van der Waals surface area (Å²) < 4.78 is 186. The van der Waals surface area contributed by atoms with Crippen molar-refractivity contribution in [2.75, 3.05) is 0 Å². The molecule has 0 rings (SSSR count). The third kappa shape index (κ3) is 2.53. The second-order valence-corrected chi connectivity index (χ2v) is 4.07.